The number of alkyl halides is 3. The van der Waals surface area contributed by atoms with Gasteiger partial charge in [-0.1, -0.05) is 31.2 Å². The Bertz CT molecular complexity index is 481. The zero-order valence-corrected chi connectivity index (χ0v) is 10.6. The predicted molar refractivity (Wildman–Crippen MR) is 66.8 cm³/mol. The van der Waals surface area contributed by atoms with Crippen molar-refractivity contribution in [3.05, 3.63) is 47.5 Å². The number of carbonyl (C=O) groups excluding carboxylic acids is 1. The van der Waals surface area contributed by atoms with Crippen LogP contribution >= 0.6 is 0 Å². The molecule has 1 atom stereocenters. The highest BCUT2D eigenvalue weighted by Crippen LogP contribution is 2.31. The summed E-state index contributed by atoms with van der Waals surface area (Å²) in [7, 11) is 0. The Balaban J connectivity index is 2.06. The Kier molecular flexibility index (Phi) is 3.78. The van der Waals surface area contributed by atoms with Crippen LogP contribution in [-0.4, -0.2) is 5.78 Å². The van der Waals surface area contributed by atoms with Crippen LogP contribution in [0.3, 0.4) is 0 Å². The van der Waals surface area contributed by atoms with E-state index in [-0.39, 0.29) is 11.7 Å². The van der Waals surface area contributed by atoms with Gasteiger partial charge < -0.3 is 0 Å². The number of halogens is 3. The summed E-state index contributed by atoms with van der Waals surface area (Å²) in [6.07, 6.45) is 1.83. The van der Waals surface area contributed by atoms with E-state index >= 15 is 0 Å². The Morgan fingerprint density at radius 3 is 2.32 bits per heavy atom. The molecule has 0 spiro atoms. The number of rotatable bonds is 4. The van der Waals surface area contributed by atoms with Crippen LogP contribution in [0.5, 0.6) is 0 Å². The van der Waals surface area contributed by atoms with Crippen LogP contribution in [0.4, 0.5) is 13.2 Å². The van der Waals surface area contributed by atoms with Gasteiger partial charge in [-0.3, -0.25) is 4.79 Å². The fraction of sp³-hybridized carbons (Fsp3) is 0.400. The van der Waals surface area contributed by atoms with Crippen molar-refractivity contribution in [2.24, 2.45) is 11.8 Å². The van der Waals surface area contributed by atoms with E-state index in [4.69, 9.17) is 0 Å². The number of benzene rings is 1. The molecule has 1 aromatic rings. The average molecular weight is 268 g/mol. The lowest BCUT2D eigenvalue weighted by Crippen LogP contribution is -2.10. The van der Waals surface area contributed by atoms with E-state index in [9.17, 15) is 18.0 Å². The first-order valence-corrected chi connectivity index (χ1v) is 6.27. The molecule has 0 N–H and O–H groups in total. The molecular formula is C15H15F3O. The van der Waals surface area contributed by atoms with Crippen molar-refractivity contribution in [3.63, 3.8) is 0 Å². The van der Waals surface area contributed by atoms with Gasteiger partial charge in [0, 0.05) is 11.5 Å². The highest BCUT2D eigenvalue weighted by Gasteiger charge is 2.30. The summed E-state index contributed by atoms with van der Waals surface area (Å²) >= 11 is 0. The predicted octanol–water partition coefficient (Wildman–Crippen LogP) is 4.49. The Hall–Kier alpha value is -1.58. The van der Waals surface area contributed by atoms with Gasteiger partial charge in [-0.25, -0.2) is 0 Å². The summed E-state index contributed by atoms with van der Waals surface area (Å²) < 4.78 is 37.2. The lowest BCUT2D eigenvalue weighted by Gasteiger charge is -2.09. The van der Waals surface area contributed by atoms with Crippen LogP contribution in [0.2, 0.25) is 0 Å². The van der Waals surface area contributed by atoms with E-state index in [1.165, 1.54) is 12.1 Å². The van der Waals surface area contributed by atoms with Gasteiger partial charge in [0.2, 0.25) is 0 Å². The topological polar surface area (TPSA) is 17.1 Å². The monoisotopic (exact) mass is 268 g/mol. The van der Waals surface area contributed by atoms with Crippen LogP contribution < -0.4 is 0 Å². The van der Waals surface area contributed by atoms with Crippen molar-refractivity contribution >= 4 is 5.78 Å². The van der Waals surface area contributed by atoms with Gasteiger partial charge in [-0.15, -0.1) is 0 Å². The lowest BCUT2D eigenvalue weighted by atomic mass is 9.97. The zero-order valence-electron chi connectivity index (χ0n) is 10.6. The maximum atomic E-state index is 12.4. The van der Waals surface area contributed by atoms with Crippen molar-refractivity contribution in [1.82, 2.24) is 0 Å². The van der Waals surface area contributed by atoms with Crippen molar-refractivity contribution < 1.29 is 18.0 Å². The Morgan fingerprint density at radius 1 is 1.26 bits per heavy atom. The number of Topliss-reactive ketones (excluding diaryl/α,β-unsaturated/α-hetero) is 1. The van der Waals surface area contributed by atoms with Crippen LogP contribution in [0.15, 0.2) is 36.4 Å². The molecule has 2 rings (SSSR count). The van der Waals surface area contributed by atoms with Crippen LogP contribution in [0.25, 0.3) is 0 Å². The SMILES string of the molecule is C[C@@H](/C=C/C1CC1)C(=O)c1ccc(C(F)(F)F)cc1. The molecule has 1 saturated carbocycles. The molecule has 1 aliphatic carbocycles. The molecule has 1 fully saturated rings. The summed E-state index contributed by atoms with van der Waals surface area (Å²) in [5.74, 6) is 0.144. The number of ketones is 1. The molecule has 0 radical (unpaired) electrons. The first kappa shape index (κ1) is 13.8. The van der Waals surface area contributed by atoms with Gasteiger partial charge in [0.25, 0.3) is 0 Å². The van der Waals surface area contributed by atoms with Crippen molar-refractivity contribution in [1.29, 1.82) is 0 Å². The molecule has 0 saturated heterocycles. The number of hydrogen-bond donors (Lipinski definition) is 0. The minimum absolute atomic E-state index is 0.148. The third-order valence-corrected chi connectivity index (χ3v) is 3.20. The molecule has 1 aromatic carbocycles. The van der Waals surface area contributed by atoms with Crippen molar-refractivity contribution in [3.8, 4) is 0 Å². The Morgan fingerprint density at radius 2 is 1.84 bits per heavy atom. The van der Waals surface area contributed by atoms with E-state index in [1.54, 1.807) is 6.92 Å². The van der Waals surface area contributed by atoms with Gasteiger partial charge in [0.05, 0.1) is 5.56 Å². The zero-order chi connectivity index (χ0) is 14.0. The molecule has 0 amide bonds. The quantitative estimate of drug-likeness (QED) is 0.581. The molecule has 0 heterocycles. The second kappa shape index (κ2) is 5.19. The smallest absolute Gasteiger partial charge is 0.294 e. The molecule has 4 heteroatoms. The second-order valence-electron chi connectivity index (χ2n) is 4.95. The average Bonchev–Trinajstić information content (AvgIpc) is 3.18. The second-order valence-corrected chi connectivity index (χ2v) is 4.95. The molecule has 1 aliphatic rings. The van der Waals surface area contributed by atoms with Crippen LogP contribution in [-0.2, 0) is 6.18 Å². The summed E-state index contributed by atoms with van der Waals surface area (Å²) in [6, 6.07) is 4.38. The molecule has 0 aromatic heterocycles. The fourth-order valence-corrected chi connectivity index (χ4v) is 1.79. The molecule has 0 aliphatic heterocycles. The third-order valence-electron chi connectivity index (χ3n) is 3.20. The third kappa shape index (κ3) is 3.69. The van der Waals surface area contributed by atoms with Gasteiger partial charge in [0.1, 0.15) is 0 Å². The Labute approximate surface area is 110 Å². The minimum atomic E-state index is -4.36. The summed E-state index contributed by atoms with van der Waals surface area (Å²) in [6.45, 7) is 1.76. The molecule has 1 nitrogen and oxygen atoms in total. The van der Waals surface area contributed by atoms with E-state index in [2.05, 4.69) is 0 Å². The van der Waals surface area contributed by atoms with E-state index in [0.29, 0.717) is 11.5 Å². The van der Waals surface area contributed by atoms with Gasteiger partial charge in [-0.2, -0.15) is 13.2 Å². The normalized spacial score (nSPS) is 17.7. The minimum Gasteiger partial charge on any atom is -0.294 e. The van der Waals surface area contributed by atoms with E-state index in [0.717, 1.165) is 25.0 Å². The number of allylic oxidation sites excluding steroid dienone is 2. The van der Waals surface area contributed by atoms with E-state index < -0.39 is 11.7 Å². The summed E-state index contributed by atoms with van der Waals surface area (Å²) in [5.41, 5.74) is -0.411. The van der Waals surface area contributed by atoms with Crippen molar-refractivity contribution in [2.75, 3.05) is 0 Å². The largest absolute Gasteiger partial charge is 0.416 e. The van der Waals surface area contributed by atoms with Crippen molar-refractivity contribution in [2.45, 2.75) is 25.9 Å². The van der Waals surface area contributed by atoms with Gasteiger partial charge in [0.15, 0.2) is 5.78 Å². The molecule has 102 valence electrons. The molecule has 0 unspecified atom stereocenters. The first-order valence-electron chi connectivity index (χ1n) is 6.27. The number of carbonyl (C=O) groups is 1. The highest BCUT2D eigenvalue weighted by molar-refractivity contribution is 5.98. The molecule has 0 bridgehead atoms. The summed E-state index contributed by atoms with van der Waals surface area (Å²) in [5, 5.41) is 0. The number of hydrogen-bond acceptors (Lipinski definition) is 1. The highest BCUT2D eigenvalue weighted by atomic mass is 19.4. The standard InChI is InChI=1S/C15H15F3O/c1-10(2-3-11-4-5-11)14(19)12-6-8-13(9-7-12)15(16,17)18/h2-3,6-11H,4-5H2,1H3/b3-2+/t10-/m0/s1. The van der Waals surface area contributed by atoms with E-state index in [1.807, 2.05) is 12.2 Å². The maximum absolute atomic E-state index is 12.4. The maximum Gasteiger partial charge on any atom is 0.416 e. The summed E-state index contributed by atoms with van der Waals surface area (Å²) in [4.78, 5) is 12.0. The van der Waals surface area contributed by atoms with Crippen LogP contribution in [0.1, 0.15) is 35.7 Å². The molecular weight excluding hydrogens is 253 g/mol. The van der Waals surface area contributed by atoms with Gasteiger partial charge in [-0.05, 0) is 30.9 Å². The van der Waals surface area contributed by atoms with Crippen LogP contribution in [0, 0.1) is 11.8 Å². The van der Waals surface area contributed by atoms with Gasteiger partial charge >= 0.3 is 6.18 Å². The molecule has 19 heavy (non-hydrogen) atoms. The lowest BCUT2D eigenvalue weighted by molar-refractivity contribution is -0.137. The fourth-order valence-electron chi connectivity index (χ4n) is 1.79. The first-order chi connectivity index (χ1) is 8.88.